The van der Waals surface area contributed by atoms with Crippen LogP contribution in [0.25, 0.3) is 0 Å². The molecule has 8 nitrogen and oxygen atoms in total. The number of nitrogens with zero attached hydrogens (tertiary/aromatic N) is 1. The number of methoxy groups -OCH3 is 2. The van der Waals surface area contributed by atoms with Crippen LogP contribution < -0.4 is 19.6 Å². The zero-order valence-corrected chi connectivity index (χ0v) is 18.7. The number of carbonyl (C=O) groups is 1. The van der Waals surface area contributed by atoms with Gasteiger partial charge in [-0.1, -0.05) is 6.07 Å². The SMILES string of the molecule is COc1ccc(/C(C)=N/NC(=O)c2ccc(NS(=O)(=O)c3cccs3)cc2)cc1OC. The van der Waals surface area contributed by atoms with Crippen LogP contribution in [0, 0.1) is 0 Å². The second-order valence-electron chi connectivity index (χ2n) is 6.32. The molecule has 1 aromatic heterocycles. The number of benzene rings is 2. The molecule has 3 rings (SSSR count). The minimum absolute atomic E-state index is 0.217. The zero-order chi connectivity index (χ0) is 22.4. The molecule has 162 valence electrons. The number of sulfonamides is 1. The molecule has 0 spiro atoms. The summed E-state index contributed by atoms with van der Waals surface area (Å²) in [5.41, 5.74) is 4.52. The average molecular weight is 460 g/mol. The van der Waals surface area contributed by atoms with Crippen molar-refractivity contribution in [3.05, 3.63) is 71.1 Å². The summed E-state index contributed by atoms with van der Waals surface area (Å²) in [4.78, 5) is 12.4. The fourth-order valence-corrected chi connectivity index (χ4v) is 4.69. The summed E-state index contributed by atoms with van der Waals surface area (Å²) in [5, 5.41) is 5.81. The summed E-state index contributed by atoms with van der Waals surface area (Å²) < 4.78 is 37.7. The van der Waals surface area contributed by atoms with Crippen molar-refractivity contribution < 1.29 is 22.7 Å². The monoisotopic (exact) mass is 459 g/mol. The number of nitrogens with one attached hydrogen (secondary N) is 2. The maximum absolute atomic E-state index is 12.4. The van der Waals surface area contributed by atoms with E-state index in [1.807, 2.05) is 0 Å². The Morgan fingerprint density at radius 2 is 1.65 bits per heavy atom. The van der Waals surface area contributed by atoms with Crippen molar-refractivity contribution in [2.75, 3.05) is 18.9 Å². The van der Waals surface area contributed by atoms with Gasteiger partial charge in [0.2, 0.25) is 0 Å². The summed E-state index contributed by atoms with van der Waals surface area (Å²) in [5.74, 6) is 0.729. The molecule has 0 atom stereocenters. The summed E-state index contributed by atoms with van der Waals surface area (Å²) in [6, 6.07) is 14.6. The minimum Gasteiger partial charge on any atom is -0.493 e. The van der Waals surface area contributed by atoms with E-state index in [9.17, 15) is 13.2 Å². The molecule has 0 saturated heterocycles. The second-order valence-corrected chi connectivity index (χ2v) is 9.18. The third-order valence-corrected chi connectivity index (χ3v) is 7.06. The smallest absolute Gasteiger partial charge is 0.271 e. The van der Waals surface area contributed by atoms with Gasteiger partial charge in [0, 0.05) is 16.8 Å². The number of ether oxygens (including phenoxy) is 2. The van der Waals surface area contributed by atoms with Gasteiger partial charge in [-0.15, -0.1) is 11.3 Å². The Kier molecular flexibility index (Phi) is 6.93. The fourth-order valence-electron chi connectivity index (χ4n) is 2.64. The quantitative estimate of drug-likeness (QED) is 0.394. The summed E-state index contributed by atoms with van der Waals surface area (Å²) in [6.45, 7) is 1.75. The molecule has 3 aromatic rings. The first-order valence-corrected chi connectivity index (χ1v) is 11.4. The maximum atomic E-state index is 12.4. The van der Waals surface area contributed by atoms with Crippen molar-refractivity contribution in [1.82, 2.24) is 5.43 Å². The number of hydrogen-bond acceptors (Lipinski definition) is 7. The highest BCUT2D eigenvalue weighted by Crippen LogP contribution is 2.27. The molecule has 0 aliphatic heterocycles. The molecular weight excluding hydrogens is 438 g/mol. The molecule has 2 aromatic carbocycles. The molecular formula is C21H21N3O5S2. The highest BCUT2D eigenvalue weighted by molar-refractivity contribution is 7.94. The van der Waals surface area contributed by atoms with E-state index in [2.05, 4.69) is 15.2 Å². The van der Waals surface area contributed by atoms with E-state index in [0.29, 0.717) is 28.5 Å². The van der Waals surface area contributed by atoms with E-state index < -0.39 is 15.9 Å². The number of hydrazone groups is 1. The van der Waals surface area contributed by atoms with Gasteiger partial charge in [-0.2, -0.15) is 5.10 Å². The third kappa shape index (κ3) is 5.41. The largest absolute Gasteiger partial charge is 0.493 e. The van der Waals surface area contributed by atoms with E-state index in [1.165, 1.54) is 30.3 Å². The van der Waals surface area contributed by atoms with Gasteiger partial charge < -0.3 is 9.47 Å². The van der Waals surface area contributed by atoms with E-state index in [-0.39, 0.29) is 4.21 Å². The van der Waals surface area contributed by atoms with Crippen molar-refractivity contribution >= 4 is 38.7 Å². The molecule has 0 fully saturated rings. The van der Waals surface area contributed by atoms with Crippen molar-refractivity contribution in [2.45, 2.75) is 11.1 Å². The molecule has 0 radical (unpaired) electrons. The Hall–Kier alpha value is -3.37. The van der Waals surface area contributed by atoms with Crippen LogP contribution >= 0.6 is 11.3 Å². The molecule has 1 amide bonds. The van der Waals surface area contributed by atoms with Gasteiger partial charge in [-0.3, -0.25) is 9.52 Å². The number of hydrogen-bond donors (Lipinski definition) is 2. The normalized spacial score (nSPS) is 11.6. The van der Waals surface area contributed by atoms with Crippen molar-refractivity contribution in [2.24, 2.45) is 5.10 Å². The number of amides is 1. The van der Waals surface area contributed by atoms with Crippen LogP contribution in [0.2, 0.25) is 0 Å². The van der Waals surface area contributed by atoms with Crippen LogP contribution in [0.4, 0.5) is 5.69 Å². The first-order chi connectivity index (χ1) is 14.8. The molecule has 0 bridgehead atoms. The van der Waals surface area contributed by atoms with Crippen molar-refractivity contribution in [3.8, 4) is 11.5 Å². The zero-order valence-electron chi connectivity index (χ0n) is 17.1. The standard InChI is InChI=1S/C21H21N3O5S2/c1-14(16-8-11-18(28-2)19(13-16)29-3)22-23-21(25)15-6-9-17(10-7-15)24-31(26,27)20-5-4-12-30-20/h4-13,24H,1-3H3,(H,23,25)/b22-14+. The Balaban J connectivity index is 1.67. The molecule has 0 unspecified atom stereocenters. The Bertz CT molecular complexity index is 1190. The van der Waals surface area contributed by atoms with Crippen LogP contribution in [0.1, 0.15) is 22.8 Å². The lowest BCUT2D eigenvalue weighted by atomic mass is 10.1. The van der Waals surface area contributed by atoms with Gasteiger partial charge in [0.05, 0.1) is 19.9 Å². The highest BCUT2D eigenvalue weighted by Gasteiger charge is 2.15. The first-order valence-electron chi connectivity index (χ1n) is 9.07. The number of rotatable bonds is 8. The lowest BCUT2D eigenvalue weighted by molar-refractivity contribution is 0.0955. The lowest BCUT2D eigenvalue weighted by Crippen LogP contribution is -2.19. The fraction of sp³-hybridized carbons (Fsp3) is 0.143. The van der Waals surface area contributed by atoms with Crippen LogP contribution in [-0.4, -0.2) is 34.3 Å². The minimum atomic E-state index is -3.64. The molecule has 0 aliphatic carbocycles. The Morgan fingerprint density at radius 1 is 0.968 bits per heavy atom. The van der Waals surface area contributed by atoms with E-state index in [1.54, 1.807) is 50.8 Å². The predicted molar refractivity (Wildman–Crippen MR) is 121 cm³/mol. The lowest BCUT2D eigenvalue weighted by Gasteiger charge is -2.10. The van der Waals surface area contributed by atoms with Gasteiger partial charge in [-0.25, -0.2) is 13.8 Å². The van der Waals surface area contributed by atoms with E-state index >= 15 is 0 Å². The third-order valence-electron chi connectivity index (χ3n) is 4.29. The van der Waals surface area contributed by atoms with E-state index in [0.717, 1.165) is 16.9 Å². The first kappa shape index (κ1) is 22.3. The van der Waals surface area contributed by atoms with Crippen LogP contribution in [0.15, 0.2) is 69.3 Å². The number of thiophene rings is 1. The van der Waals surface area contributed by atoms with E-state index in [4.69, 9.17) is 9.47 Å². The predicted octanol–water partition coefficient (Wildman–Crippen LogP) is 3.72. The molecule has 0 saturated carbocycles. The molecule has 0 aliphatic rings. The topological polar surface area (TPSA) is 106 Å². The Morgan fingerprint density at radius 3 is 2.26 bits per heavy atom. The van der Waals surface area contributed by atoms with Gasteiger partial charge in [0.15, 0.2) is 11.5 Å². The Labute approximate surface area is 184 Å². The number of carbonyl (C=O) groups excluding carboxylic acids is 1. The summed E-state index contributed by atoms with van der Waals surface area (Å²) in [7, 11) is -0.545. The van der Waals surface area contributed by atoms with Gasteiger partial charge in [0.25, 0.3) is 15.9 Å². The molecule has 31 heavy (non-hydrogen) atoms. The average Bonchev–Trinajstić information content (AvgIpc) is 3.33. The molecule has 1 heterocycles. The highest BCUT2D eigenvalue weighted by atomic mass is 32.2. The summed E-state index contributed by atoms with van der Waals surface area (Å²) in [6.07, 6.45) is 0. The number of anilines is 1. The molecule has 10 heteroatoms. The molecule has 2 N–H and O–H groups in total. The van der Waals surface area contributed by atoms with Crippen LogP contribution in [0.3, 0.4) is 0 Å². The van der Waals surface area contributed by atoms with Crippen molar-refractivity contribution in [3.63, 3.8) is 0 Å². The maximum Gasteiger partial charge on any atom is 0.271 e. The van der Waals surface area contributed by atoms with Crippen molar-refractivity contribution in [1.29, 1.82) is 0 Å². The second kappa shape index (κ2) is 9.63. The van der Waals surface area contributed by atoms with Crippen LogP contribution in [0.5, 0.6) is 11.5 Å². The van der Waals surface area contributed by atoms with Gasteiger partial charge in [-0.05, 0) is 60.8 Å². The summed E-state index contributed by atoms with van der Waals surface area (Å²) >= 11 is 1.12. The van der Waals surface area contributed by atoms with Gasteiger partial charge in [0.1, 0.15) is 4.21 Å². The van der Waals surface area contributed by atoms with Crippen LogP contribution in [-0.2, 0) is 10.0 Å². The van der Waals surface area contributed by atoms with Gasteiger partial charge >= 0.3 is 0 Å².